The van der Waals surface area contributed by atoms with E-state index in [-0.39, 0.29) is 5.41 Å². The van der Waals surface area contributed by atoms with E-state index in [1.807, 2.05) is 22.6 Å². The van der Waals surface area contributed by atoms with Crippen LogP contribution in [0, 0.1) is 5.41 Å². The third-order valence-electron chi connectivity index (χ3n) is 4.62. The van der Waals surface area contributed by atoms with Crippen molar-refractivity contribution in [1.29, 1.82) is 0 Å². The lowest BCUT2D eigenvalue weighted by Gasteiger charge is -2.38. The van der Waals surface area contributed by atoms with Crippen LogP contribution in [-0.2, 0) is 0 Å². The summed E-state index contributed by atoms with van der Waals surface area (Å²) in [5.74, 6) is 0.848. The third-order valence-corrected chi connectivity index (χ3v) is 4.89. The van der Waals surface area contributed by atoms with Crippen LogP contribution in [0.1, 0.15) is 26.7 Å². The van der Waals surface area contributed by atoms with Crippen molar-refractivity contribution in [3.8, 4) is 11.3 Å². The maximum atomic E-state index is 6.27. The zero-order chi connectivity index (χ0) is 16.7. The van der Waals surface area contributed by atoms with Gasteiger partial charge in [-0.3, -0.25) is 4.40 Å². The summed E-state index contributed by atoms with van der Waals surface area (Å²) in [6.07, 6.45) is 4.18. The Bertz CT molecular complexity index is 872. The molecule has 0 unspecified atom stereocenters. The molecule has 124 valence electrons. The zero-order valence-electron chi connectivity index (χ0n) is 13.9. The number of aromatic nitrogens is 4. The molecular weight excluding hydrogens is 322 g/mol. The minimum Gasteiger partial charge on any atom is -0.340 e. The van der Waals surface area contributed by atoms with Gasteiger partial charge < -0.3 is 4.90 Å². The molecule has 6 heteroatoms. The lowest BCUT2D eigenvalue weighted by molar-refractivity contribution is 0.290. The highest BCUT2D eigenvalue weighted by molar-refractivity contribution is 6.32. The lowest BCUT2D eigenvalue weighted by Crippen LogP contribution is -2.41. The standard InChI is InChI=1S/C18H20ClN5/c1-18(2)9-6-10-23(12-18)17-22-21-16-15(19)20-11-14(24(16)17)13-7-4-3-5-8-13/h3-5,7-8,11H,6,9-10,12H2,1-2H3. The van der Waals surface area contributed by atoms with Crippen molar-refractivity contribution in [1.82, 2.24) is 19.6 Å². The van der Waals surface area contributed by atoms with Gasteiger partial charge in [-0.2, -0.15) is 0 Å². The number of halogens is 1. The topological polar surface area (TPSA) is 46.3 Å². The van der Waals surface area contributed by atoms with Gasteiger partial charge >= 0.3 is 0 Å². The third kappa shape index (κ3) is 2.63. The molecule has 1 aromatic carbocycles. The Balaban J connectivity index is 1.90. The first-order chi connectivity index (χ1) is 11.6. The molecule has 0 amide bonds. The quantitative estimate of drug-likeness (QED) is 0.705. The number of fused-ring (bicyclic) bond motifs is 1. The molecule has 1 fully saturated rings. The SMILES string of the molecule is CC1(C)CCCN(c2nnc3c(Cl)ncc(-c4ccccc4)n23)C1. The molecule has 4 rings (SSSR count). The van der Waals surface area contributed by atoms with Crippen LogP contribution in [-0.4, -0.2) is 32.7 Å². The van der Waals surface area contributed by atoms with Crippen LogP contribution in [0.25, 0.3) is 16.9 Å². The monoisotopic (exact) mass is 341 g/mol. The number of anilines is 1. The molecule has 0 atom stereocenters. The van der Waals surface area contributed by atoms with E-state index in [9.17, 15) is 0 Å². The summed E-state index contributed by atoms with van der Waals surface area (Å²) in [5, 5.41) is 9.13. The molecular formula is C18H20ClN5. The second-order valence-corrected chi connectivity index (χ2v) is 7.51. The molecule has 2 aromatic heterocycles. The van der Waals surface area contributed by atoms with Crippen molar-refractivity contribution in [3.05, 3.63) is 41.7 Å². The Hall–Kier alpha value is -2.14. The molecule has 3 aromatic rings. The van der Waals surface area contributed by atoms with Crippen LogP contribution in [0.5, 0.6) is 0 Å². The van der Waals surface area contributed by atoms with Gasteiger partial charge in [0, 0.05) is 18.7 Å². The Morgan fingerprint density at radius 3 is 2.67 bits per heavy atom. The molecule has 1 aliphatic rings. The minimum atomic E-state index is 0.272. The Labute approximate surface area is 146 Å². The maximum Gasteiger partial charge on any atom is 0.232 e. The van der Waals surface area contributed by atoms with E-state index >= 15 is 0 Å². The predicted molar refractivity (Wildman–Crippen MR) is 96.5 cm³/mol. The van der Waals surface area contributed by atoms with E-state index < -0.39 is 0 Å². The zero-order valence-corrected chi connectivity index (χ0v) is 14.7. The van der Waals surface area contributed by atoms with Crippen LogP contribution in [0.4, 0.5) is 5.95 Å². The van der Waals surface area contributed by atoms with Gasteiger partial charge in [-0.05, 0) is 18.3 Å². The van der Waals surface area contributed by atoms with Gasteiger partial charge in [0.25, 0.3) is 0 Å². The smallest absolute Gasteiger partial charge is 0.232 e. The van der Waals surface area contributed by atoms with Gasteiger partial charge in [-0.25, -0.2) is 4.98 Å². The fourth-order valence-corrected chi connectivity index (χ4v) is 3.65. The van der Waals surface area contributed by atoms with Crippen molar-refractivity contribution >= 4 is 23.2 Å². The molecule has 0 spiro atoms. The molecule has 1 saturated heterocycles. The van der Waals surface area contributed by atoms with E-state index in [0.29, 0.717) is 10.8 Å². The van der Waals surface area contributed by atoms with E-state index in [0.717, 1.165) is 36.7 Å². The molecule has 24 heavy (non-hydrogen) atoms. The van der Waals surface area contributed by atoms with Crippen molar-refractivity contribution in [2.75, 3.05) is 18.0 Å². The van der Waals surface area contributed by atoms with E-state index in [1.54, 1.807) is 6.20 Å². The first kappa shape index (κ1) is 15.4. The van der Waals surface area contributed by atoms with Crippen LogP contribution in [0.15, 0.2) is 36.5 Å². The second-order valence-electron chi connectivity index (χ2n) is 7.15. The average molecular weight is 342 g/mol. The first-order valence-electron chi connectivity index (χ1n) is 8.25. The summed E-state index contributed by atoms with van der Waals surface area (Å²) in [5.41, 5.74) is 2.91. The van der Waals surface area contributed by atoms with Crippen LogP contribution in [0.2, 0.25) is 5.15 Å². The normalized spacial score (nSPS) is 17.4. The fourth-order valence-electron chi connectivity index (χ4n) is 3.48. The van der Waals surface area contributed by atoms with Crippen molar-refractivity contribution < 1.29 is 0 Å². The highest BCUT2D eigenvalue weighted by atomic mass is 35.5. The summed E-state index contributed by atoms with van der Waals surface area (Å²) in [7, 11) is 0. The Kier molecular flexibility index (Phi) is 3.68. The summed E-state index contributed by atoms with van der Waals surface area (Å²) in [6.45, 7) is 6.55. The highest BCUT2D eigenvalue weighted by Crippen LogP contribution is 2.33. The molecule has 0 radical (unpaired) electrons. The first-order valence-corrected chi connectivity index (χ1v) is 8.63. The largest absolute Gasteiger partial charge is 0.340 e. The molecule has 0 saturated carbocycles. The van der Waals surface area contributed by atoms with E-state index in [1.165, 1.54) is 6.42 Å². The van der Waals surface area contributed by atoms with E-state index in [2.05, 4.69) is 46.1 Å². The summed E-state index contributed by atoms with van der Waals surface area (Å²) >= 11 is 6.27. The van der Waals surface area contributed by atoms with Gasteiger partial charge in [0.1, 0.15) is 0 Å². The summed E-state index contributed by atoms with van der Waals surface area (Å²) in [4.78, 5) is 6.61. The van der Waals surface area contributed by atoms with Crippen LogP contribution < -0.4 is 4.90 Å². The number of hydrogen-bond donors (Lipinski definition) is 0. The number of piperidine rings is 1. The van der Waals surface area contributed by atoms with Crippen LogP contribution >= 0.6 is 11.6 Å². The minimum absolute atomic E-state index is 0.272. The van der Waals surface area contributed by atoms with Crippen LogP contribution in [0.3, 0.4) is 0 Å². The predicted octanol–water partition coefficient (Wildman–Crippen LogP) is 4.07. The van der Waals surface area contributed by atoms with Crippen molar-refractivity contribution in [2.24, 2.45) is 5.41 Å². The average Bonchev–Trinajstić information content (AvgIpc) is 3.01. The molecule has 1 aliphatic heterocycles. The molecule has 3 heterocycles. The summed E-state index contributed by atoms with van der Waals surface area (Å²) in [6, 6.07) is 10.2. The molecule has 0 bridgehead atoms. The lowest BCUT2D eigenvalue weighted by atomic mass is 9.84. The van der Waals surface area contributed by atoms with Gasteiger partial charge in [0.15, 0.2) is 5.15 Å². The van der Waals surface area contributed by atoms with Gasteiger partial charge in [-0.1, -0.05) is 55.8 Å². The number of rotatable bonds is 2. The van der Waals surface area contributed by atoms with E-state index in [4.69, 9.17) is 11.6 Å². The van der Waals surface area contributed by atoms with Gasteiger partial charge in [-0.15, -0.1) is 10.2 Å². The molecule has 5 nitrogen and oxygen atoms in total. The fraction of sp³-hybridized carbons (Fsp3) is 0.389. The summed E-state index contributed by atoms with van der Waals surface area (Å²) < 4.78 is 2.03. The Morgan fingerprint density at radius 2 is 1.92 bits per heavy atom. The Morgan fingerprint density at radius 1 is 1.12 bits per heavy atom. The highest BCUT2D eigenvalue weighted by Gasteiger charge is 2.29. The van der Waals surface area contributed by atoms with Crippen molar-refractivity contribution in [3.63, 3.8) is 0 Å². The second kappa shape index (κ2) is 5.74. The molecule has 0 N–H and O–H groups in total. The van der Waals surface area contributed by atoms with Gasteiger partial charge in [0.2, 0.25) is 11.6 Å². The number of benzene rings is 1. The number of hydrogen-bond acceptors (Lipinski definition) is 4. The van der Waals surface area contributed by atoms with Gasteiger partial charge in [0.05, 0.1) is 11.9 Å². The van der Waals surface area contributed by atoms with Crippen molar-refractivity contribution in [2.45, 2.75) is 26.7 Å². The molecule has 0 aliphatic carbocycles. The number of nitrogens with zero attached hydrogens (tertiary/aromatic N) is 5. The maximum absolute atomic E-state index is 6.27.